The zero-order chi connectivity index (χ0) is 16.8. The smallest absolute Gasteiger partial charge is 0.226 e. The molecule has 1 N–H and O–H groups in total. The maximum Gasteiger partial charge on any atom is 0.226 e. The number of rotatable bonds is 3. The highest BCUT2D eigenvalue weighted by Crippen LogP contribution is 2.26. The molecule has 0 spiro atoms. The molecule has 1 aromatic heterocycles. The number of hydrogen-bond donors (Lipinski definition) is 1. The second-order valence-electron chi connectivity index (χ2n) is 5.49. The predicted molar refractivity (Wildman–Crippen MR) is 92.9 cm³/mol. The third-order valence-corrected chi connectivity index (χ3v) is 5.79. The van der Waals surface area contributed by atoms with Crippen molar-refractivity contribution in [1.82, 2.24) is 9.97 Å². The maximum absolute atomic E-state index is 12.6. The van der Waals surface area contributed by atoms with Gasteiger partial charge in [-0.25, -0.2) is 13.4 Å². The molecule has 3 aromatic rings. The Kier molecular flexibility index (Phi) is 4.12. The van der Waals surface area contributed by atoms with Crippen LogP contribution in [-0.2, 0) is 15.6 Å². The molecule has 120 valence electrons. The minimum atomic E-state index is -3.63. The number of fused-ring (bicyclic) bond motifs is 1. The molecular formula is C16H14Cl2N2O2S. The number of aromatic amines is 1. The monoisotopic (exact) mass is 368 g/mol. The lowest BCUT2D eigenvalue weighted by Gasteiger charge is -2.04. The van der Waals surface area contributed by atoms with E-state index in [-0.39, 0.29) is 10.9 Å². The summed E-state index contributed by atoms with van der Waals surface area (Å²) in [6.45, 7) is 3.93. The van der Waals surface area contributed by atoms with Crippen molar-refractivity contribution in [3.63, 3.8) is 0 Å². The zero-order valence-corrected chi connectivity index (χ0v) is 14.9. The van der Waals surface area contributed by atoms with Crippen molar-refractivity contribution < 1.29 is 8.42 Å². The minimum absolute atomic E-state index is 0.0523. The fraction of sp³-hybridized carbons (Fsp3) is 0.188. The van der Waals surface area contributed by atoms with Crippen LogP contribution in [0.25, 0.3) is 11.0 Å². The molecule has 0 atom stereocenters. The van der Waals surface area contributed by atoms with Crippen molar-refractivity contribution in [2.24, 2.45) is 0 Å². The van der Waals surface area contributed by atoms with E-state index in [1.165, 1.54) is 6.07 Å². The second-order valence-corrected chi connectivity index (χ2v) is 8.24. The number of benzene rings is 2. The van der Waals surface area contributed by atoms with Gasteiger partial charge in [0.2, 0.25) is 15.0 Å². The first kappa shape index (κ1) is 16.3. The first-order valence-corrected chi connectivity index (χ1v) is 9.31. The molecule has 4 nitrogen and oxygen atoms in total. The van der Waals surface area contributed by atoms with Gasteiger partial charge in [0.05, 0.1) is 16.8 Å². The van der Waals surface area contributed by atoms with E-state index < -0.39 is 9.84 Å². The molecule has 23 heavy (non-hydrogen) atoms. The SMILES string of the molecule is Cc1cc2nc(S(=O)(=O)Cc3ccc(Cl)cc3Cl)[nH]c2cc1C. The van der Waals surface area contributed by atoms with E-state index in [1.807, 2.05) is 26.0 Å². The van der Waals surface area contributed by atoms with E-state index in [9.17, 15) is 8.42 Å². The molecule has 0 aliphatic carbocycles. The molecule has 0 unspecified atom stereocenters. The molecule has 0 saturated heterocycles. The van der Waals surface area contributed by atoms with Crippen molar-refractivity contribution >= 4 is 44.1 Å². The fourth-order valence-corrected chi connectivity index (χ4v) is 4.16. The lowest BCUT2D eigenvalue weighted by atomic mass is 10.1. The van der Waals surface area contributed by atoms with Crippen LogP contribution in [0.2, 0.25) is 10.0 Å². The molecule has 3 rings (SSSR count). The summed E-state index contributed by atoms with van der Waals surface area (Å²) in [6, 6.07) is 8.52. The van der Waals surface area contributed by atoms with Gasteiger partial charge in [0.25, 0.3) is 0 Å². The highest BCUT2D eigenvalue weighted by atomic mass is 35.5. The average molecular weight is 369 g/mol. The van der Waals surface area contributed by atoms with Crippen LogP contribution in [0.15, 0.2) is 35.5 Å². The molecule has 1 heterocycles. The predicted octanol–water partition coefficient (Wildman–Crippen LogP) is 4.46. The van der Waals surface area contributed by atoms with Gasteiger partial charge < -0.3 is 4.98 Å². The number of H-pyrrole nitrogens is 1. The third kappa shape index (κ3) is 3.22. The van der Waals surface area contributed by atoms with Crippen molar-refractivity contribution in [3.05, 3.63) is 57.1 Å². The molecule has 2 aromatic carbocycles. The molecule has 0 aliphatic heterocycles. The summed E-state index contributed by atoms with van der Waals surface area (Å²) in [7, 11) is -3.63. The Morgan fingerprint density at radius 1 is 1.09 bits per heavy atom. The van der Waals surface area contributed by atoms with Gasteiger partial charge in [-0.05, 0) is 54.8 Å². The van der Waals surface area contributed by atoms with E-state index in [2.05, 4.69) is 9.97 Å². The van der Waals surface area contributed by atoms with Crippen LogP contribution < -0.4 is 0 Å². The van der Waals surface area contributed by atoms with Gasteiger partial charge in [0.1, 0.15) is 0 Å². The van der Waals surface area contributed by atoms with E-state index >= 15 is 0 Å². The lowest BCUT2D eigenvalue weighted by molar-refractivity contribution is 0.588. The Labute approximate surface area is 144 Å². The summed E-state index contributed by atoms with van der Waals surface area (Å²) < 4.78 is 25.2. The summed E-state index contributed by atoms with van der Waals surface area (Å²) in [5.74, 6) is -0.235. The highest BCUT2D eigenvalue weighted by Gasteiger charge is 2.21. The van der Waals surface area contributed by atoms with Gasteiger partial charge in [-0.15, -0.1) is 0 Å². The summed E-state index contributed by atoms with van der Waals surface area (Å²) in [6.07, 6.45) is 0. The van der Waals surface area contributed by atoms with Crippen LogP contribution in [0.3, 0.4) is 0 Å². The molecule has 0 saturated carbocycles. The number of nitrogens with one attached hydrogen (secondary N) is 1. The largest absolute Gasteiger partial charge is 0.329 e. The molecule has 0 fully saturated rings. The van der Waals surface area contributed by atoms with E-state index in [1.54, 1.807) is 12.1 Å². The normalized spacial score (nSPS) is 12.0. The molecule has 0 aliphatic rings. The van der Waals surface area contributed by atoms with Gasteiger partial charge in [-0.3, -0.25) is 0 Å². The fourth-order valence-electron chi connectivity index (χ4n) is 2.31. The zero-order valence-electron chi connectivity index (χ0n) is 12.5. The first-order chi connectivity index (χ1) is 10.8. The highest BCUT2D eigenvalue weighted by molar-refractivity contribution is 7.90. The molecule has 0 radical (unpaired) electrons. The topological polar surface area (TPSA) is 62.8 Å². The van der Waals surface area contributed by atoms with Gasteiger partial charge in [0.15, 0.2) is 0 Å². The summed E-state index contributed by atoms with van der Waals surface area (Å²) in [4.78, 5) is 7.10. The van der Waals surface area contributed by atoms with Crippen molar-refractivity contribution in [2.75, 3.05) is 0 Å². The van der Waals surface area contributed by atoms with Gasteiger partial charge in [-0.1, -0.05) is 29.3 Å². The molecule has 7 heteroatoms. The molecular weight excluding hydrogens is 355 g/mol. The van der Waals surface area contributed by atoms with Crippen LogP contribution in [0.4, 0.5) is 0 Å². The number of aryl methyl sites for hydroxylation is 2. The van der Waals surface area contributed by atoms with Crippen molar-refractivity contribution in [1.29, 1.82) is 0 Å². The number of imidazole rings is 1. The van der Waals surface area contributed by atoms with Crippen LogP contribution in [-0.4, -0.2) is 18.4 Å². The van der Waals surface area contributed by atoms with Crippen molar-refractivity contribution in [2.45, 2.75) is 24.8 Å². The summed E-state index contributed by atoms with van der Waals surface area (Å²) in [5.41, 5.74) is 3.96. The quantitative estimate of drug-likeness (QED) is 0.741. The van der Waals surface area contributed by atoms with Gasteiger partial charge >= 0.3 is 0 Å². The van der Waals surface area contributed by atoms with E-state index in [0.717, 1.165) is 11.1 Å². The Morgan fingerprint density at radius 3 is 2.48 bits per heavy atom. The van der Waals surface area contributed by atoms with Crippen LogP contribution in [0, 0.1) is 13.8 Å². The Bertz CT molecular complexity index is 971. The third-order valence-electron chi connectivity index (χ3n) is 3.73. The molecule has 0 amide bonds. The van der Waals surface area contributed by atoms with Crippen LogP contribution >= 0.6 is 23.2 Å². The summed E-state index contributed by atoms with van der Waals surface area (Å²) in [5, 5.41) is 0.734. The first-order valence-electron chi connectivity index (χ1n) is 6.90. The number of aromatic nitrogens is 2. The van der Waals surface area contributed by atoms with E-state index in [0.29, 0.717) is 26.6 Å². The number of hydrogen-bond acceptors (Lipinski definition) is 3. The van der Waals surface area contributed by atoms with Crippen molar-refractivity contribution in [3.8, 4) is 0 Å². The van der Waals surface area contributed by atoms with Gasteiger partial charge in [0, 0.05) is 10.0 Å². The Balaban J connectivity index is 2.02. The minimum Gasteiger partial charge on any atom is -0.329 e. The standard InChI is InChI=1S/C16H14Cl2N2O2S/c1-9-5-14-15(6-10(9)2)20-16(19-14)23(21,22)8-11-3-4-12(17)7-13(11)18/h3-7H,8H2,1-2H3,(H,19,20). The number of sulfone groups is 1. The molecule has 0 bridgehead atoms. The summed E-state index contributed by atoms with van der Waals surface area (Å²) >= 11 is 11.9. The number of nitrogens with zero attached hydrogens (tertiary/aromatic N) is 1. The second kappa shape index (κ2) is 5.82. The Hall–Kier alpha value is -1.56. The maximum atomic E-state index is 12.6. The lowest BCUT2D eigenvalue weighted by Crippen LogP contribution is -2.07. The van der Waals surface area contributed by atoms with Crippen LogP contribution in [0.5, 0.6) is 0 Å². The number of halogens is 2. The van der Waals surface area contributed by atoms with E-state index in [4.69, 9.17) is 23.2 Å². The van der Waals surface area contributed by atoms with Gasteiger partial charge in [-0.2, -0.15) is 0 Å². The van der Waals surface area contributed by atoms with Crippen LogP contribution in [0.1, 0.15) is 16.7 Å². The average Bonchev–Trinajstić information content (AvgIpc) is 2.86. The Morgan fingerprint density at radius 2 is 1.78 bits per heavy atom.